The van der Waals surface area contributed by atoms with Crippen molar-refractivity contribution in [2.45, 2.75) is 40.8 Å². The molecule has 0 fully saturated rings. The summed E-state index contributed by atoms with van der Waals surface area (Å²) in [4.78, 5) is 16.4. The maximum absolute atomic E-state index is 13.6. The molecule has 0 radical (unpaired) electrons. The molecule has 0 unspecified atom stereocenters. The number of aromatic nitrogens is 1. The van der Waals surface area contributed by atoms with Crippen molar-refractivity contribution < 1.29 is 22.7 Å². The number of nitrogens with zero attached hydrogens (tertiary/aromatic N) is 1. The Hall–Kier alpha value is -2.57. The number of aryl methyl sites for hydroxylation is 2. The molecule has 1 amide bonds. The number of amides is 1. The normalized spacial score (nSPS) is 11.6. The number of alkyl halides is 3. The van der Waals surface area contributed by atoms with Crippen LogP contribution in [0.2, 0.25) is 0 Å². The summed E-state index contributed by atoms with van der Waals surface area (Å²) >= 11 is 0. The Balaban J connectivity index is 2.54. The predicted molar refractivity (Wildman–Crippen MR) is 98.2 cm³/mol. The van der Waals surface area contributed by atoms with E-state index in [0.717, 1.165) is 11.1 Å². The van der Waals surface area contributed by atoms with Crippen LogP contribution in [-0.2, 0) is 6.18 Å². The molecule has 0 aliphatic rings. The van der Waals surface area contributed by atoms with Crippen LogP contribution in [0.4, 0.5) is 18.9 Å². The summed E-state index contributed by atoms with van der Waals surface area (Å²) in [7, 11) is 0. The summed E-state index contributed by atoms with van der Waals surface area (Å²) in [5.74, 6) is -0.934. The van der Waals surface area contributed by atoms with Gasteiger partial charge in [-0.2, -0.15) is 13.2 Å². The van der Waals surface area contributed by atoms with Gasteiger partial charge in [-0.05, 0) is 43.9 Å². The zero-order valence-electron chi connectivity index (χ0n) is 16.0. The molecule has 0 spiro atoms. The lowest BCUT2D eigenvalue weighted by Gasteiger charge is -2.19. The van der Waals surface area contributed by atoms with Crippen molar-refractivity contribution in [1.29, 1.82) is 0 Å². The van der Waals surface area contributed by atoms with Crippen LogP contribution in [0.5, 0.6) is 5.75 Å². The van der Waals surface area contributed by atoms with Crippen LogP contribution in [0.25, 0.3) is 0 Å². The Morgan fingerprint density at radius 2 is 1.89 bits per heavy atom. The van der Waals surface area contributed by atoms with Crippen molar-refractivity contribution in [2.75, 3.05) is 11.9 Å². The van der Waals surface area contributed by atoms with Crippen molar-refractivity contribution in [1.82, 2.24) is 4.98 Å². The highest BCUT2D eigenvalue weighted by atomic mass is 19.4. The van der Waals surface area contributed by atoms with Crippen molar-refractivity contribution >= 4 is 11.6 Å². The lowest BCUT2D eigenvalue weighted by atomic mass is 10.1. The number of carbonyl (C=O) groups excluding carboxylic acids is 1. The topological polar surface area (TPSA) is 51.2 Å². The van der Waals surface area contributed by atoms with Gasteiger partial charge in [0.1, 0.15) is 11.3 Å². The zero-order valence-corrected chi connectivity index (χ0v) is 16.0. The highest BCUT2D eigenvalue weighted by molar-refractivity contribution is 6.07. The first-order valence-corrected chi connectivity index (χ1v) is 8.60. The maximum Gasteiger partial charge on any atom is 0.434 e. The van der Waals surface area contributed by atoms with Crippen molar-refractivity contribution in [3.8, 4) is 5.75 Å². The minimum absolute atomic E-state index is 0.0859. The number of pyridine rings is 1. The van der Waals surface area contributed by atoms with E-state index in [-0.39, 0.29) is 24.0 Å². The van der Waals surface area contributed by atoms with Crippen LogP contribution in [0.3, 0.4) is 0 Å². The third-order valence-corrected chi connectivity index (χ3v) is 4.03. The molecule has 2 rings (SSSR count). The summed E-state index contributed by atoms with van der Waals surface area (Å²) in [6.07, 6.45) is -4.78. The second-order valence-electron chi connectivity index (χ2n) is 6.89. The molecule has 2 aromatic rings. The number of halogens is 3. The zero-order chi connectivity index (χ0) is 20.4. The van der Waals surface area contributed by atoms with E-state index in [1.807, 2.05) is 26.8 Å². The fourth-order valence-electron chi connectivity index (χ4n) is 2.51. The van der Waals surface area contributed by atoms with Crippen LogP contribution in [0.1, 0.15) is 46.7 Å². The highest BCUT2D eigenvalue weighted by Gasteiger charge is 2.39. The molecule has 0 saturated carbocycles. The van der Waals surface area contributed by atoms with Gasteiger partial charge in [0.15, 0.2) is 5.69 Å². The lowest BCUT2D eigenvalue weighted by molar-refractivity contribution is -0.141. The van der Waals surface area contributed by atoms with Gasteiger partial charge in [0, 0.05) is 17.4 Å². The largest absolute Gasteiger partial charge is 0.492 e. The molecule has 4 nitrogen and oxygen atoms in total. The van der Waals surface area contributed by atoms with Crippen LogP contribution in [0.15, 0.2) is 24.3 Å². The number of benzene rings is 1. The van der Waals surface area contributed by atoms with Gasteiger partial charge in [0.05, 0.1) is 6.61 Å². The minimum atomic E-state index is -4.78. The van der Waals surface area contributed by atoms with Gasteiger partial charge in [0.25, 0.3) is 5.91 Å². The molecule has 1 heterocycles. The number of carbonyl (C=O) groups is 1. The molecule has 7 heteroatoms. The Kier molecular flexibility index (Phi) is 6.13. The van der Waals surface area contributed by atoms with Gasteiger partial charge in [-0.25, -0.2) is 4.98 Å². The molecule has 0 atom stereocenters. The quantitative estimate of drug-likeness (QED) is 0.764. The first-order chi connectivity index (χ1) is 12.5. The van der Waals surface area contributed by atoms with Crippen LogP contribution < -0.4 is 10.1 Å². The van der Waals surface area contributed by atoms with Gasteiger partial charge in [-0.15, -0.1) is 0 Å². The van der Waals surface area contributed by atoms with Crippen molar-refractivity contribution in [3.63, 3.8) is 0 Å². The fourth-order valence-corrected chi connectivity index (χ4v) is 2.51. The van der Waals surface area contributed by atoms with Gasteiger partial charge in [-0.1, -0.05) is 26.0 Å². The molecule has 0 aliphatic carbocycles. The monoisotopic (exact) mass is 380 g/mol. The molecule has 1 aromatic carbocycles. The third kappa shape index (κ3) is 4.99. The molecule has 0 saturated heterocycles. The van der Waals surface area contributed by atoms with Gasteiger partial charge < -0.3 is 10.1 Å². The molecule has 27 heavy (non-hydrogen) atoms. The Labute approximate surface area is 156 Å². The summed E-state index contributed by atoms with van der Waals surface area (Å²) in [6, 6.07) is 6.59. The van der Waals surface area contributed by atoms with Crippen LogP contribution >= 0.6 is 0 Å². The molecule has 146 valence electrons. The van der Waals surface area contributed by atoms with E-state index >= 15 is 0 Å². The molecular weight excluding hydrogens is 357 g/mol. The lowest BCUT2D eigenvalue weighted by Crippen LogP contribution is -2.23. The Bertz CT molecular complexity index is 846. The number of ether oxygens (including phenoxy) is 1. The molecule has 1 aromatic heterocycles. The summed E-state index contributed by atoms with van der Waals surface area (Å²) in [6.45, 7) is 9.01. The van der Waals surface area contributed by atoms with Crippen LogP contribution in [-0.4, -0.2) is 17.5 Å². The van der Waals surface area contributed by atoms with E-state index in [1.54, 1.807) is 19.1 Å². The standard InChI is InChI=1S/C20H23F3N2O2/c1-11(2)10-27-16-9-13(4)24-18(20(21,22)23)17(16)19(26)25-15-8-6-7-12(3)14(15)5/h6-9,11H,10H2,1-5H3,(H,25,26). The highest BCUT2D eigenvalue weighted by Crippen LogP contribution is 2.36. The van der Waals surface area contributed by atoms with Gasteiger partial charge in [-0.3, -0.25) is 4.79 Å². The summed E-state index contributed by atoms with van der Waals surface area (Å²) < 4.78 is 46.2. The first-order valence-electron chi connectivity index (χ1n) is 8.60. The van der Waals surface area contributed by atoms with E-state index in [2.05, 4.69) is 10.3 Å². The second kappa shape index (κ2) is 7.98. The second-order valence-corrected chi connectivity index (χ2v) is 6.89. The van der Waals surface area contributed by atoms with Gasteiger partial charge in [0.2, 0.25) is 0 Å². The van der Waals surface area contributed by atoms with Crippen molar-refractivity contribution in [3.05, 3.63) is 52.3 Å². The number of anilines is 1. The molecular formula is C20H23F3N2O2. The van der Waals surface area contributed by atoms with Gasteiger partial charge >= 0.3 is 6.18 Å². The first kappa shape index (κ1) is 20.7. The van der Waals surface area contributed by atoms with E-state index in [4.69, 9.17) is 4.74 Å². The number of nitrogens with one attached hydrogen (secondary N) is 1. The summed E-state index contributed by atoms with van der Waals surface area (Å²) in [5, 5.41) is 2.57. The summed E-state index contributed by atoms with van der Waals surface area (Å²) in [5.41, 5.74) is 0.429. The fraction of sp³-hybridized carbons (Fsp3) is 0.400. The number of hydrogen-bond acceptors (Lipinski definition) is 3. The molecule has 1 N–H and O–H groups in total. The number of hydrogen-bond donors (Lipinski definition) is 1. The Morgan fingerprint density at radius 3 is 2.48 bits per heavy atom. The van der Waals surface area contributed by atoms with Crippen LogP contribution in [0, 0.1) is 26.7 Å². The van der Waals surface area contributed by atoms with E-state index in [1.165, 1.54) is 13.0 Å². The average Bonchev–Trinajstić information content (AvgIpc) is 2.55. The SMILES string of the molecule is Cc1cc(OCC(C)C)c(C(=O)Nc2cccc(C)c2C)c(C(F)(F)F)n1. The predicted octanol–water partition coefficient (Wildman–Crippen LogP) is 5.31. The van der Waals surface area contributed by atoms with E-state index in [9.17, 15) is 18.0 Å². The maximum atomic E-state index is 13.6. The van der Waals surface area contributed by atoms with E-state index in [0.29, 0.717) is 5.69 Å². The van der Waals surface area contributed by atoms with Crippen molar-refractivity contribution in [2.24, 2.45) is 5.92 Å². The third-order valence-electron chi connectivity index (χ3n) is 4.03. The van der Waals surface area contributed by atoms with E-state index < -0.39 is 23.3 Å². The number of rotatable bonds is 5. The minimum Gasteiger partial charge on any atom is -0.492 e. The smallest absolute Gasteiger partial charge is 0.434 e. The molecule has 0 aliphatic heterocycles. The molecule has 0 bridgehead atoms. The average molecular weight is 380 g/mol. The Morgan fingerprint density at radius 1 is 1.22 bits per heavy atom.